The Kier molecular flexibility index (Phi) is 12.8. The van der Waals surface area contributed by atoms with Crippen LogP contribution in [0.3, 0.4) is 0 Å². The molecule has 1 aromatic carbocycles. The van der Waals surface area contributed by atoms with E-state index in [-0.39, 0.29) is 24.5 Å². The van der Waals surface area contributed by atoms with Crippen LogP contribution in [-0.4, -0.2) is 62.5 Å². The average molecular weight is 603 g/mol. The average Bonchev–Trinajstić information content (AvgIpc) is 3.38. The Morgan fingerprint density at radius 2 is 1.46 bits per heavy atom. The minimum atomic E-state index is -0.734. The van der Waals surface area contributed by atoms with Crippen LogP contribution in [0.5, 0.6) is 11.5 Å². The molecule has 0 radical (unpaired) electrons. The van der Waals surface area contributed by atoms with Crippen molar-refractivity contribution in [3.05, 3.63) is 46.8 Å². The second-order valence-electron chi connectivity index (χ2n) is 8.12. The van der Waals surface area contributed by atoms with Gasteiger partial charge in [0.1, 0.15) is 54.6 Å². The highest BCUT2D eigenvalue weighted by Gasteiger charge is 2.31. The molecule has 0 fully saturated rings. The number of fused-ring (bicyclic) bond motifs is 1. The van der Waals surface area contributed by atoms with Gasteiger partial charge in [-0.15, -0.1) is 0 Å². The van der Waals surface area contributed by atoms with Gasteiger partial charge in [-0.1, -0.05) is 36.7 Å². The van der Waals surface area contributed by atoms with Gasteiger partial charge in [0.15, 0.2) is 13.2 Å². The molecule has 0 amide bonds. The predicted octanol–water partition coefficient (Wildman–Crippen LogP) is 3.53. The predicted molar refractivity (Wildman–Crippen MR) is 146 cm³/mol. The molecule has 1 aliphatic rings. The van der Waals surface area contributed by atoms with Crippen molar-refractivity contribution < 1.29 is 47.6 Å². The normalized spacial score (nSPS) is 12.8. The molecule has 0 aromatic heterocycles. The lowest BCUT2D eigenvalue weighted by molar-refractivity contribution is -0.157. The summed E-state index contributed by atoms with van der Waals surface area (Å²) in [6.45, 7) is 10.0. The number of hydrogen-bond donors (Lipinski definition) is 0. The third-order valence-corrected chi connectivity index (χ3v) is 7.37. The monoisotopic (exact) mass is 602 g/mol. The zero-order chi connectivity index (χ0) is 30.5. The first-order chi connectivity index (χ1) is 19.5. The number of rotatable bonds is 14. The van der Waals surface area contributed by atoms with E-state index >= 15 is 0 Å². The van der Waals surface area contributed by atoms with Crippen molar-refractivity contribution in [2.45, 2.75) is 42.8 Å². The fraction of sp³-hybridized carbons (Fsp3) is 0.333. The molecule has 14 heteroatoms. The first kappa shape index (κ1) is 32.8. The molecule has 1 heterocycles. The molecule has 0 N–H and O–H groups in total. The van der Waals surface area contributed by atoms with Gasteiger partial charge in [0.2, 0.25) is 0 Å². The van der Waals surface area contributed by atoms with Gasteiger partial charge >= 0.3 is 23.9 Å². The SMILES string of the molecule is C=CC(=O)OCC(C)OC(=O)COc1c(C)cc(OCC(=O)OCC(C)OC(=O)C=C)c2c1SC(=C(C#N)C#N)S2. The molecule has 216 valence electrons. The van der Waals surface area contributed by atoms with Crippen molar-refractivity contribution in [1.29, 1.82) is 10.5 Å². The fourth-order valence-corrected chi connectivity index (χ4v) is 5.56. The van der Waals surface area contributed by atoms with Crippen LogP contribution in [0.1, 0.15) is 19.4 Å². The Morgan fingerprint density at radius 3 is 2.10 bits per heavy atom. The van der Waals surface area contributed by atoms with E-state index in [1.165, 1.54) is 6.92 Å². The van der Waals surface area contributed by atoms with Crippen molar-refractivity contribution in [1.82, 2.24) is 0 Å². The molecule has 0 saturated heterocycles. The molecule has 1 aromatic rings. The second-order valence-corrected chi connectivity index (χ2v) is 10.4. The summed E-state index contributed by atoms with van der Waals surface area (Å²) in [7, 11) is 0. The first-order valence-electron chi connectivity index (χ1n) is 11.8. The number of allylic oxidation sites excluding steroid dienone is 1. The maximum absolute atomic E-state index is 12.3. The smallest absolute Gasteiger partial charge is 0.344 e. The number of hydrogen-bond acceptors (Lipinski definition) is 14. The van der Waals surface area contributed by atoms with E-state index in [1.54, 1.807) is 19.9 Å². The van der Waals surface area contributed by atoms with Crippen molar-refractivity contribution in [2.24, 2.45) is 0 Å². The minimum Gasteiger partial charge on any atom is -0.481 e. The highest BCUT2D eigenvalue weighted by atomic mass is 32.2. The number of aryl methyl sites for hydroxylation is 1. The quantitative estimate of drug-likeness (QED) is 0.131. The van der Waals surface area contributed by atoms with E-state index in [0.29, 0.717) is 25.3 Å². The van der Waals surface area contributed by atoms with Gasteiger partial charge in [-0.25, -0.2) is 19.2 Å². The van der Waals surface area contributed by atoms with Gasteiger partial charge in [-0.3, -0.25) is 0 Å². The largest absolute Gasteiger partial charge is 0.481 e. The topological polar surface area (TPSA) is 171 Å². The fourth-order valence-electron chi connectivity index (χ4n) is 2.97. The highest BCUT2D eigenvalue weighted by molar-refractivity contribution is 8.24. The summed E-state index contributed by atoms with van der Waals surface area (Å²) in [5.41, 5.74) is 0.401. The van der Waals surface area contributed by atoms with Gasteiger partial charge in [0, 0.05) is 12.2 Å². The zero-order valence-electron chi connectivity index (χ0n) is 22.4. The van der Waals surface area contributed by atoms with Crippen molar-refractivity contribution in [3.63, 3.8) is 0 Å². The Hall–Kier alpha value is -4.40. The maximum Gasteiger partial charge on any atom is 0.344 e. The lowest BCUT2D eigenvalue weighted by atomic mass is 10.2. The van der Waals surface area contributed by atoms with Crippen LogP contribution in [-0.2, 0) is 38.1 Å². The first-order valence-corrected chi connectivity index (χ1v) is 13.5. The van der Waals surface area contributed by atoms with E-state index in [2.05, 4.69) is 13.2 Å². The summed E-state index contributed by atoms with van der Waals surface area (Å²) in [4.78, 5) is 47.9. The number of nitrogens with zero attached hydrogens (tertiary/aromatic N) is 2. The summed E-state index contributed by atoms with van der Waals surface area (Å²) < 4.78 is 31.9. The lowest BCUT2D eigenvalue weighted by Gasteiger charge is -2.17. The molecule has 0 bridgehead atoms. The van der Waals surface area contributed by atoms with Gasteiger partial charge in [-0.05, 0) is 32.4 Å². The second kappa shape index (κ2) is 16.0. The van der Waals surface area contributed by atoms with Gasteiger partial charge in [-0.2, -0.15) is 10.5 Å². The highest BCUT2D eigenvalue weighted by Crippen LogP contribution is 2.59. The summed E-state index contributed by atoms with van der Waals surface area (Å²) in [6.07, 6.45) is 0.555. The molecular weight excluding hydrogens is 576 g/mol. The van der Waals surface area contributed by atoms with E-state index in [9.17, 15) is 29.7 Å². The maximum atomic E-state index is 12.3. The molecular formula is C27H26N2O10S2. The van der Waals surface area contributed by atoms with Crippen LogP contribution in [0, 0.1) is 29.6 Å². The number of ether oxygens (including phenoxy) is 6. The Bertz CT molecular complexity index is 1330. The molecule has 41 heavy (non-hydrogen) atoms. The Balaban J connectivity index is 2.15. The standard InChI is InChI=1S/C27H26N2O10S2/c1-6-20(30)35-11-17(5)39-23(33)14-37-24-15(3)8-19(25-26(24)41-27(40-25)18(9-28)10-29)34-13-22(32)36-12-16(4)38-21(31)7-2/h6-8,16-17H,1-2,11-14H2,3-5H3. The van der Waals surface area contributed by atoms with Crippen molar-refractivity contribution in [3.8, 4) is 23.6 Å². The number of carbonyl (C=O) groups excluding carboxylic acids is 4. The molecule has 0 spiro atoms. The van der Waals surface area contributed by atoms with Gasteiger partial charge in [0.25, 0.3) is 0 Å². The van der Waals surface area contributed by atoms with Crippen LogP contribution < -0.4 is 9.47 Å². The van der Waals surface area contributed by atoms with Crippen LogP contribution in [0.2, 0.25) is 0 Å². The molecule has 2 rings (SSSR count). The molecule has 2 unspecified atom stereocenters. The summed E-state index contributed by atoms with van der Waals surface area (Å²) in [5, 5.41) is 18.7. The van der Waals surface area contributed by atoms with Gasteiger partial charge in [0.05, 0.1) is 14.0 Å². The summed E-state index contributed by atoms with van der Waals surface area (Å²) in [6, 6.07) is 5.25. The Labute approximate surface area is 244 Å². The van der Waals surface area contributed by atoms with E-state index in [1.807, 2.05) is 12.1 Å². The lowest BCUT2D eigenvalue weighted by Crippen LogP contribution is -2.25. The van der Waals surface area contributed by atoms with Crippen LogP contribution in [0.4, 0.5) is 0 Å². The van der Waals surface area contributed by atoms with Crippen LogP contribution in [0.15, 0.2) is 51.0 Å². The number of benzene rings is 1. The number of carbonyl (C=O) groups is 4. The third-order valence-electron chi connectivity index (χ3n) is 4.76. The number of thioether (sulfide) groups is 2. The molecule has 0 aliphatic carbocycles. The van der Waals surface area contributed by atoms with E-state index < -0.39 is 49.3 Å². The Morgan fingerprint density at radius 1 is 0.878 bits per heavy atom. The molecule has 1 aliphatic heterocycles. The molecule has 12 nitrogen and oxygen atoms in total. The molecule has 0 saturated carbocycles. The summed E-state index contributed by atoms with van der Waals surface area (Å²) in [5.74, 6) is -2.20. The zero-order valence-corrected chi connectivity index (χ0v) is 24.1. The summed E-state index contributed by atoms with van der Waals surface area (Å²) >= 11 is 2.16. The number of esters is 4. The van der Waals surface area contributed by atoms with Crippen molar-refractivity contribution in [2.75, 3.05) is 26.4 Å². The van der Waals surface area contributed by atoms with Crippen molar-refractivity contribution >= 4 is 47.4 Å². The van der Waals surface area contributed by atoms with Crippen LogP contribution >= 0.6 is 23.5 Å². The van der Waals surface area contributed by atoms with E-state index in [4.69, 9.17) is 28.4 Å². The third kappa shape index (κ3) is 9.94. The van der Waals surface area contributed by atoms with Crippen LogP contribution in [0.25, 0.3) is 0 Å². The number of nitriles is 2. The molecule has 2 atom stereocenters. The minimum absolute atomic E-state index is 0.129. The van der Waals surface area contributed by atoms with E-state index in [0.717, 1.165) is 35.7 Å². The van der Waals surface area contributed by atoms with Gasteiger partial charge < -0.3 is 28.4 Å².